The SMILES string of the molecule is COc1ccc(F)cc1-c1csc(/C(C#N)=C/c2ccco2)n1. The summed E-state index contributed by atoms with van der Waals surface area (Å²) in [4.78, 5) is 4.42. The first-order chi connectivity index (χ1) is 11.2. The molecule has 0 saturated heterocycles. The molecule has 4 nitrogen and oxygen atoms in total. The molecule has 0 saturated carbocycles. The monoisotopic (exact) mass is 326 g/mol. The number of allylic oxidation sites excluding steroid dienone is 1. The lowest BCUT2D eigenvalue weighted by Gasteiger charge is -2.05. The average molecular weight is 326 g/mol. The fourth-order valence-corrected chi connectivity index (χ4v) is 2.84. The number of nitriles is 1. The molecule has 23 heavy (non-hydrogen) atoms. The quantitative estimate of drug-likeness (QED) is 0.657. The Hall–Kier alpha value is -2.91. The van der Waals surface area contributed by atoms with Crippen molar-refractivity contribution in [1.29, 1.82) is 5.26 Å². The molecule has 114 valence electrons. The van der Waals surface area contributed by atoms with Gasteiger partial charge in [0, 0.05) is 17.0 Å². The first-order valence-electron chi connectivity index (χ1n) is 6.66. The lowest BCUT2D eigenvalue weighted by atomic mass is 10.1. The average Bonchev–Trinajstić information content (AvgIpc) is 3.24. The number of benzene rings is 1. The number of hydrogen-bond donors (Lipinski definition) is 0. The number of hydrogen-bond acceptors (Lipinski definition) is 5. The minimum atomic E-state index is -0.373. The molecule has 0 aliphatic heterocycles. The predicted molar refractivity (Wildman–Crippen MR) is 86.3 cm³/mol. The molecule has 3 aromatic rings. The van der Waals surface area contributed by atoms with Crippen molar-refractivity contribution < 1.29 is 13.5 Å². The van der Waals surface area contributed by atoms with Crippen molar-refractivity contribution in [2.75, 3.05) is 7.11 Å². The first kappa shape index (κ1) is 15.0. The minimum absolute atomic E-state index is 0.373. The van der Waals surface area contributed by atoms with E-state index in [0.717, 1.165) is 0 Å². The number of nitrogens with zero attached hydrogens (tertiary/aromatic N) is 2. The van der Waals surface area contributed by atoms with Crippen LogP contribution in [0.2, 0.25) is 0 Å². The third-order valence-electron chi connectivity index (χ3n) is 3.12. The van der Waals surface area contributed by atoms with Crippen LogP contribution in [-0.4, -0.2) is 12.1 Å². The van der Waals surface area contributed by atoms with Gasteiger partial charge in [0.1, 0.15) is 28.4 Å². The number of methoxy groups -OCH3 is 1. The second kappa shape index (κ2) is 6.46. The lowest BCUT2D eigenvalue weighted by molar-refractivity contribution is 0.415. The van der Waals surface area contributed by atoms with Gasteiger partial charge in [-0.15, -0.1) is 11.3 Å². The van der Waals surface area contributed by atoms with Crippen LogP contribution in [0.25, 0.3) is 22.9 Å². The van der Waals surface area contributed by atoms with Crippen molar-refractivity contribution >= 4 is 23.0 Å². The fraction of sp³-hybridized carbons (Fsp3) is 0.0588. The normalized spacial score (nSPS) is 11.3. The van der Waals surface area contributed by atoms with Crippen LogP contribution in [0.4, 0.5) is 4.39 Å². The van der Waals surface area contributed by atoms with Crippen LogP contribution in [-0.2, 0) is 0 Å². The third-order valence-corrected chi connectivity index (χ3v) is 4.00. The van der Waals surface area contributed by atoms with Gasteiger partial charge in [-0.05, 0) is 30.3 Å². The van der Waals surface area contributed by atoms with Gasteiger partial charge in [0.15, 0.2) is 0 Å². The Morgan fingerprint density at radius 1 is 1.43 bits per heavy atom. The van der Waals surface area contributed by atoms with Crippen LogP contribution >= 0.6 is 11.3 Å². The molecule has 1 aromatic carbocycles. The molecule has 0 aliphatic carbocycles. The highest BCUT2D eigenvalue weighted by Crippen LogP contribution is 2.33. The zero-order valence-corrected chi connectivity index (χ0v) is 12.9. The summed E-state index contributed by atoms with van der Waals surface area (Å²) in [5.41, 5.74) is 1.49. The van der Waals surface area contributed by atoms with Gasteiger partial charge >= 0.3 is 0 Å². The Kier molecular flexibility index (Phi) is 4.22. The highest BCUT2D eigenvalue weighted by molar-refractivity contribution is 7.11. The minimum Gasteiger partial charge on any atom is -0.496 e. The molecule has 0 bridgehead atoms. The van der Waals surface area contributed by atoms with Gasteiger partial charge in [-0.3, -0.25) is 0 Å². The van der Waals surface area contributed by atoms with Crippen molar-refractivity contribution in [3.8, 4) is 23.1 Å². The van der Waals surface area contributed by atoms with Crippen molar-refractivity contribution in [2.24, 2.45) is 0 Å². The predicted octanol–water partition coefficient (Wildman–Crippen LogP) is 4.61. The Morgan fingerprint density at radius 3 is 3.00 bits per heavy atom. The van der Waals surface area contributed by atoms with E-state index in [1.165, 1.54) is 36.8 Å². The maximum absolute atomic E-state index is 13.5. The second-order valence-electron chi connectivity index (χ2n) is 4.57. The van der Waals surface area contributed by atoms with E-state index in [0.29, 0.717) is 33.3 Å². The van der Waals surface area contributed by atoms with E-state index < -0.39 is 0 Å². The molecular formula is C17H11FN2O2S. The number of rotatable bonds is 4. The van der Waals surface area contributed by atoms with Crippen LogP contribution in [0.5, 0.6) is 5.75 Å². The van der Waals surface area contributed by atoms with Gasteiger partial charge in [-0.2, -0.15) is 5.26 Å². The Morgan fingerprint density at radius 2 is 2.30 bits per heavy atom. The maximum atomic E-state index is 13.5. The van der Waals surface area contributed by atoms with E-state index in [-0.39, 0.29) is 5.82 Å². The molecule has 0 aliphatic rings. The van der Waals surface area contributed by atoms with E-state index in [1.54, 1.807) is 29.7 Å². The van der Waals surface area contributed by atoms with Crippen LogP contribution in [0.15, 0.2) is 46.4 Å². The molecule has 0 atom stereocenters. The maximum Gasteiger partial charge on any atom is 0.134 e. The van der Waals surface area contributed by atoms with Gasteiger partial charge in [0.25, 0.3) is 0 Å². The van der Waals surface area contributed by atoms with Gasteiger partial charge < -0.3 is 9.15 Å². The van der Waals surface area contributed by atoms with E-state index in [4.69, 9.17) is 9.15 Å². The highest BCUT2D eigenvalue weighted by atomic mass is 32.1. The molecule has 3 rings (SSSR count). The summed E-state index contributed by atoms with van der Waals surface area (Å²) >= 11 is 1.30. The molecule has 0 radical (unpaired) electrons. The first-order valence-corrected chi connectivity index (χ1v) is 7.54. The van der Waals surface area contributed by atoms with Gasteiger partial charge in [-0.1, -0.05) is 0 Å². The third kappa shape index (κ3) is 3.15. The molecular weight excluding hydrogens is 315 g/mol. The van der Waals surface area contributed by atoms with Crippen molar-refractivity contribution in [3.63, 3.8) is 0 Å². The van der Waals surface area contributed by atoms with Crippen LogP contribution in [0.3, 0.4) is 0 Å². The summed E-state index contributed by atoms with van der Waals surface area (Å²) in [5, 5.41) is 11.6. The van der Waals surface area contributed by atoms with E-state index in [2.05, 4.69) is 11.1 Å². The number of aromatic nitrogens is 1. The second-order valence-corrected chi connectivity index (χ2v) is 5.43. The van der Waals surface area contributed by atoms with E-state index in [9.17, 15) is 9.65 Å². The summed E-state index contributed by atoms with van der Waals surface area (Å²) in [5.74, 6) is 0.723. The molecule has 0 unspecified atom stereocenters. The molecule has 0 N–H and O–H groups in total. The molecule has 6 heteroatoms. The summed E-state index contributed by atoms with van der Waals surface area (Å²) in [7, 11) is 1.52. The topological polar surface area (TPSA) is 59.0 Å². The summed E-state index contributed by atoms with van der Waals surface area (Å²) in [6.45, 7) is 0. The summed E-state index contributed by atoms with van der Waals surface area (Å²) in [6.07, 6.45) is 3.15. The van der Waals surface area contributed by atoms with E-state index in [1.807, 2.05) is 0 Å². The van der Waals surface area contributed by atoms with Crippen LogP contribution in [0, 0.1) is 17.1 Å². The van der Waals surface area contributed by atoms with Crippen molar-refractivity contribution in [1.82, 2.24) is 4.98 Å². The Bertz CT molecular complexity index is 892. The fourth-order valence-electron chi connectivity index (χ4n) is 2.06. The van der Waals surface area contributed by atoms with Crippen molar-refractivity contribution in [2.45, 2.75) is 0 Å². The number of ether oxygens (including phenoxy) is 1. The standard InChI is InChI=1S/C17H11FN2O2S/c1-21-16-5-4-12(18)8-14(16)15-10-23-17(20-15)11(9-19)7-13-3-2-6-22-13/h2-8,10H,1H3/b11-7+. The zero-order chi connectivity index (χ0) is 16.2. The molecule has 0 amide bonds. The number of furan rings is 1. The molecule has 2 aromatic heterocycles. The molecule has 0 fully saturated rings. The highest BCUT2D eigenvalue weighted by Gasteiger charge is 2.13. The Labute approximate surface area is 136 Å². The lowest BCUT2D eigenvalue weighted by Crippen LogP contribution is -1.90. The van der Waals surface area contributed by atoms with Gasteiger partial charge in [0.05, 0.1) is 24.6 Å². The largest absolute Gasteiger partial charge is 0.496 e. The molecule has 0 spiro atoms. The smallest absolute Gasteiger partial charge is 0.134 e. The van der Waals surface area contributed by atoms with Gasteiger partial charge in [0.2, 0.25) is 0 Å². The van der Waals surface area contributed by atoms with Crippen LogP contribution < -0.4 is 4.74 Å². The van der Waals surface area contributed by atoms with Crippen molar-refractivity contribution in [3.05, 3.63) is 58.6 Å². The van der Waals surface area contributed by atoms with E-state index >= 15 is 0 Å². The zero-order valence-electron chi connectivity index (χ0n) is 12.1. The number of thiazole rings is 1. The summed E-state index contributed by atoms with van der Waals surface area (Å²) < 4.78 is 23.9. The van der Waals surface area contributed by atoms with Gasteiger partial charge in [-0.25, -0.2) is 9.37 Å². The Balaban J connectivity index is 2.01. The number of halogens is 1. The van der Waals surface area contributed by atoms with Crippen LogP contribution in [0.1, 0.15) is 10.8 Å². The summed E-state index contributed by atoms with van der Waals surface area (Å²) in [6, 6.07) is 9.84. The molecule has 2 heterocycles.